The summed E-state index contributed by atoms with van der Waals surface area (Å²) in [4.78, 5) is 10.6. The number of aliphatic carboxylic acids is 1. The van der Waals surface area contributed by atoms with Crippen molar-refractivity contribution in [3.63, 3.8) is 0 Å². The first-order chi connectivity index (χ1) is 10.2. The summed E-state index contributed by atoms with van der Waals surface area (Å²) in [5.41, 5.74) is -2.07. The molecule has 0 saturated carbocycles. The van der Waals surface area contributed by atoms with E-state index in [-0.39, 0.29) is 16.7 Å². The highest BCUT2D eigenvalue weighted by molar-refractivity contribution is 5.72. The van der Waals surface area contributed by atoms with Crippen LogP contribution in [0.15, 0.2) is 36.4 Å². The van der Waals surface area contributed by atoms with E-state index in [0.717, 1.165) is 30.3 Å². The predicted molar refractivity (Wildman–Crippen MR) is 68.1 cm³/mol. The fourth-order valence-electron chi connectivity index (χ4n) is 2.01. The minimum Gasteiger partial charge on any atom is -0.481 e. The van der Waals surface area contributed by atoms with Gasteiger partial charge in [-0.15, -0.1) is 0 Å². The summed E-state index contributed by atoms with van der Waals surface area (Å²) in [6.07, 6.45) is -5.51. The molecule has 2 aromatic carbocycles. The van der Waals surface area contributed by atoms with Crippen molar-refractivity contribution >= 4 is 5.97 Å². The van der Waals surface area contributed by atoms with Crippen molar-refractivity contribution in [3.05, 3.63) is 59.2 Å². The molecule has 2 aromatic rings. The van der Waals surface area contributed by atoms with Gasteiger partial charge in [0.2, 0.25) is 0 Å². The van der Waals surface area contributed by atoms with Gasteiger partial charge in [-0.3, -0.25) is 4.79 Å². The van der Waals surface area contributed by atoms with Crippen LogP contribution in [0.5, 0.6) is 0 Å². The second-order valence-electron chi connectivity index (χ2n) is 4.54. The van der Waals surface area contributed by atoms with Gasteiger partial charge < -0.3 is 5.11 Å². The van der Waals surface area contributed by atoms with Crippen molar-refractivity contribution in [3.8, 4) is 11.1 Å². The van der Waals surface area contributed by atoms with E-state index in [2.05, 4.69) is 0 Å². The third kappa shape index (κ3) is 3.24. The van der Waals surface area contributed by atoms with Gasteiger partial charge in [0.1, 0.15) is 11.6 Å². The molecule has 0 radical (unpaired) electrons. The SMILES string of the molecule is O=C(O)Cc1cc(-c2cccc(C(F)(F)F)c2F)ccc1F. The quantitative estimate of drug-likeness (QED) is 0.858. The van der Waals surface area contributed by atoms with Crippen LogP contribution >= 0.6 is 0 Å². The Labute approximate surface area is 121 Å². The lowest BCUT2D eigenvalue weighted by Gasteiger charge is -2.12. The second kappa shape index (κ2) is 5.75. The Morgan fingerprint density at radius 1 is 1.09 bits per heavy atom. The van der Waals surface area contributed by atoms with Crippen molar-refractivity contribution in [2.75, 3.05) is 0 Å². The number of hydrogen-bond donors (Lipinski definition) is 1. The number of halogens is 5. The van der Waals surface area contributed by atoms with Crippen LogP contribution in [0, 0.1) is 11.6 Å². The fraction of sp³-hybridized carbons (Fsp3) is 0.133. The van der Waals surface area contributed by atoms with E-state index in [1.807, 2.05) is 0 Å². The lowest BCUT2D eigenvalue weighted by molar-refractivity contribution is -0.140. The topological polar surface area (TPSA) is 37.3 Å². The van der Waals surface area contributed by atoms with Gasteiger partial charge >= 0.3 is 12.1 Å². The van der Waals surface area contributed by atoms with E-state index in [1.54, 1.807) is 0 Å². The zero-order valence-corrected chi connectivity index (χ0v) is 10.9. The summed E-state index contributed by atoms with van der Waals surface area (Å²) < 4.78 is 65.5. The van der Waals surface area contributed by atoms with Gasteiger partial charge in [-0.2, -0.15) is 13.2 Å². The molecule has 0 saturated heterocycles. The first kappa shape index (κ1) is 15.9. The van der Waals surface area contributed by atoms with Crippen LogP contribution in [-0.2, 0) is 17.4 Å². The van der Waals surface area contributed by atoms with Crippen LogP contribution in [0.4, 0.5) is 22.0 Å². The number of carbonyl (C=O) groups is 1. The number of carboxylic acids is 1. The van der Waals surface area contributed by atoms with Gasteiger partial charge in [-0.25, -0.2) is 8.78 Å². The minimum atomic E-state index is -4.86. The van der Waals surface area contributed by atoms with Gasteiger partial charge in [-0.1, -0.05) is 18.2 Å². The van der Waals surface area contributed by atoms with E-state index in [9.17, 15) is 26.7 Å². The van der Waals surface area contributed by atoms with E-state index >= 15 is 0 Å². The number of alkyl halides is 3. The fourth-order valence-corrected chi connectivity index (χ4v) is 2.01. The zero-order chi connectivity index (χ0) is 16.5. The summed E-state index contributed by atoms with van der Waals surface area (Å²) >= 11 is 0. The average Bonchev–Trinajstić information content (AvgIpc) is 2.40. The third-order valence-electron chi connectivity index (χ3n) is 3.00. The van der Waals surface area contributed by atoms with Crippen LogP contribution in [0.25, 0.3) is 11.1 Å². The molecule has 2 nitrogen and oxygen atoms in total. The summed E-state index contributed by atoms with van der Waals surface area (Å²) in [5, 5.41) is 8.67. The first-order valence-corrected chi connectivity index (χ1v) is 6.06. The van der Waals surface area contributed by atoms with Crippen LogP contribution in [0.2, 0.25) is 0 Å². The predicted octanol–water partition coefficient (Wildman–Crippen LogP) is 4.28. The first-order valence-electron chi connectivity index (χ1n) is 6.06. The molecular weight excluding hydrogens is 307 g/mol. The Morgan fingerprint density at radius 2 is 1.77 bits per heavy atom. The maximum Gasteiger partial charge on any atom is 0.419 e. The van der Waals surface area contributed by atoms with Gasteiger partial charge in [-0.05, 0) is 29.3 Å². The molecule has 0 aliphatic heterocycles. The molecule has 0 fully saturated rings. The Hall–Kier alpha value is -2.44. The van der Waals surface area contributed by atoms with E-state index in [1.165, 1.54) is 0 Å². The zero-order valence-electron chi connectivity index (χ0n) is 10.9. The number of hydrogen-bond acceptors (Lipinski definition) is 1. The third-order valence-corrected chi connectivity index (χ3v) is 3.00. The standard InChI is InChI=1S/C15H9F5O2/c16-12-5-4-8(6-9(12)7-13(21)22)10-2-1-3-11(14(10)17)15(18,19)20/h1-6H,7H2,(H,21,22). The maximum absolute atomic E-state index is 14.0. The Bertz CT molecular complexity index is 722. The summed E-state index contributed by atoms with van der Waals surface area (Å²) in [6.45, 7) is 0. The highest BCUT2D eigenvalue weighted by atomic mass is 19.4. The molecule has 116 valence electrons. The van der Waals surface area contributed by atoms with E-state index < -0.39 is 35.8 Å². The smallest absolute Gasteiger partial charge is 0.419 e. The molecule has 0 aliphatic carbocycles. The molecule has 1 N–H and O–H groups in total. The lowest BCUT2D eigenvalue weighted by atomic mass is 9.98. The van der Waals surface area contributed by atoms with Crippen molar-refractivity contribution in [2.24, 2.45) is 0 Å². The Balaban J connectivity index is 2.55. The maximum atomic E-state index is 14.0. The summed E-state index contributed by atoms with van der Waals surface area (Å²) in [5.74, 6) is -3.61. The van der Waals surface area contributed by atoms with Gasteiger partial charge in [0.05, 0.1) is 12.0 Å². The Morgan fingerprint density at radius 3 is 2.36 bits per heavy atom. The van der Waals surface area contributed by atoms with Crippen molar-refractivity contribution in [2.45, 2.75) is 12.6 Å². The van der Waals surface area contributed by atoms with Crippen molar-refractivity contribution in [1.82, 2.24) is 0 Å². The number of benzene rings is 2. The summed E-state index contributed by atoms with van der Waals surface area (Å²) in [7, 11) is 0. The second-order valence-corrected chi connectivity index (χ2v) is 4.54. The highest BCUT2D eigenvalue weighted by Gasteiger charge is 2.35. The molecule has 0 atom stereocenters. The van der Waals surface area contributed by atoms with Crippen LogP contribution < -0.4 is 0 Å². The lowest BCUT2D eigenvalue weighted by Crippen LogP contribution is -2.09. The van der Waals surface area contributed by atoms with Crippen molar-refractivity contribution in [1.29, 1.82) is 0 Å². The molecule has 0 unspecified atom stereocenters. The van der Waals surface area contributed by atoms with Gasteiger partial charge in [0.25, 0.3) is 0 Å². The molecule has 0 bridgehead atoms. The molecule has 2 rings (SSSR count). The van der Waals surface area contributed by atoms with Crippen LogP contribution in [-0.4, -0.2) is 11.1 Å². The molecule has 0 aliphatic rings. The van der Waals surface area contributed by atoms with Crippen molar-refractivity contribution < 1.29 is 31.9 Å². The molecule has 22 heavy (non-hydrogen) atoms. The molecule has 0 aromatic heterocycles. The monoisotopic (exact) mass is 316 g/mol. The van der Waals surface area contributed by atoms with Crippen LogP contribution in [0.3, 0.4) is 0 Å². The van der Waals surface area contributed by atoms with E-state index in [4.69, 9.17) is 5.11 Å². The molecule has 0 amide bonds. The molecule has 7 heteroatoms. The normalized spacial score (nSPS) is 11.5. The Kier molecular flexibility index (Phi) is 4.16. The van der Waals surface area contributed by atoms with Gasteiger partial charge in [0.15, 0.2) is 0 Å². The molecular formula is C15H9F5O2. The number of carboxylic acid groups (broad SMARTS) is 1. The molecule has 0 spiro atoms. The minimum absolute atomic E-state index is 0.0266. The largest absolute Gasteiger partial charge is 0.481 e. The van der Waals surface area contributed by atoms with Crippen LogP contribution in [0.1, 0.15) is 11.1 Å². The summed E-state index contributed by atoms with van der Waals surface area (Å²) in [6, 6.07) is 5.76. The number of rotatable bonds is 3. The molecule has 0 heterocycles. The average molecular weight is 316 g/mol. The van der Waals surface area contributed by atoms with Gasteiger partial charge in [0, 0.05) is 5.56 Å². The van der Waals surface area contributed by atoms with E-state index in [0.29, 0.717) is 6.07 Å². The highest BCUT2D eigenvalue weighted by Crippen LogP contribution is 2.35.